The van der Waals surface area contributed by atoms with Crippen molar-refractivity contribution in [1.82, 2.24) is 0 Å². The van der Waals surface area contributed by atoms with Crippen LogP contribution in [0.4, 0.5) is 0 Å². The lowest BCUT2D eigenvalue weighted by Crippen LogP contribution is -2.13. The normalized spacial score (nSPS) is 12.1. The number of rotatable bonds is 29. The van der Waals surface area contributed by atoms with E-state index in [0.29, 0.717) is 37.9 Å². The van der Waals surface area contributed by atoms with Crippen molar-refractivity contribution in [2.45, 2.75) is 182 Å². The van der Waals surface area contributed by atoms with Gasteiger partial charge in [-0.1, -0.05) is 143 Å². The lowest BCUT2D eigenvalue weighted by molar-refractivity contribution is -0.145. The quantitative estimate of drug-likeness (QED) is 0.0702. The van der Waals surface area contributed by atoms with Gasteiger partial charge in [-0.05, 0) is 37.5 Å². The third kappa shape index (κ3) is 26.5. The van der Waals surface area contributed by atoms with Crippen LogP contribution in [0.2, 0.25) is 0 Å². The Balaban J connectivity index is 3.53. The van der Waals surface area contributed by atoms with E-state index in [9.17, 15) is 9.59 Å². The van der Waals surface area contributed by atoms with Crippen LogP contribution in [0.3, 0.4) is 0 Å². The van der Waals surface area contributed by atoms with E-state index in [1.807, 2.05) is 0 Å². The fourth-order valence-corrected chi connectivity index (χ4v) is 5.13. The zero-order valence-electron chi connectivity index (χ0n) is 26.2. The van der Waals surface area contributed by atoms with Crippen molar-refractivity contribution in [3.8, 4) is 0 Å². The SMILES string of the molecule is CCCCCCCOC(=O)CCCCCCCCCCCCC(CCC(=O)OCCCCCCC)C(C)C. The van der Waals surface area contributed by atoms with Gasteiger partial charge in [-0.25, -0.2) is 0 Å². The van der Waals surface area contributed by atoms with Crippen molar-refractivity contribution in [1.29, 1.82) is 0 Å². The third-order valence-electron chi connectivity index (χ3n) is 7.89. The Morgan fingerprint density at radius 1 is 0.474 bits per heavy atom. The molecule has 1 unspecified atom stereocenters. The first-order chi connectivity index (χ1) is 18.5. The Bertz CT molecular complexity index is 517. The lowest BCUT2D eigenvalue weighted by atomic mass is 9.86. The van der Waals surface area contributed by atoms with E-state index < -0.39 is 0 Å². The first kappa shape index (κ1) is 36.9. The zero-order valence-corrected chi connectivity index (χ0v) is 26.2. The van der Waals surface area contributed by atoms with Gasteiger partial charge < -0.3 is 9.47 Å². The smallest absolute Gasteiger partial charge is 0.305 e. The minimum atomic E-state index is -0.00621. The second kappa shape index (κ2) is 28.9. The molecule has 0 radical (unpaired) electrons. The molecule has 0 bridgehead atoms. The Kier molecular flexibility index (Phi) is 28.1. The van der Waals surface area contributed by atoms with Gasteiger partial charge in [0.1, 0.15) is 0 Å². The maximum Gasteiger partial charge on any atom is 0.305 e. The van der Waals surface area contributed by atoms with Crippen LogP contribution >= 0.6 is 0 Å². The first-order valence-corrected chi connectivity index (χ1v) is 16.8. The summed E-state index contributed by atoms with van der Waals surface area (Å²) in [6, 6.07) is 0. The molecule has 1 atom stereocenters. The minimum Gasteiger partial charge on any atom is -0.466 e. The van der Waals surface area contributed by atoms with E-state index in [0.717, 1.165) is 32.1 Å². The number of esters is 2. The molecular weight excluding hydrogens is 472 g/mol. The van der Waals surface area contributed by atoms with Gasteiger partial charge in [0.25, 0.3) is 0 Å². The largest absolute Gasteiger partial charge is 0.466 e. The molecule has 0 aromatic rings. The average Bonchev–Trinajstić information content (AvgIpc) is 2.90. The second-order valence-corrected chi connectivity index (χ2v) is 11.9. The van der Waals surface area contributed by atoms with Crippen LogP contribution in [-0.4, -0.2) is 25.2 Å². The van der Waals surface area contributed by atoms with Gasteiger partial charge >= 0.3 is 11.9 Å². The number of hydrogen-bond acceptors (Lipinski definition) is 4. The standard InChI is InChI=1S/C34H66O4/c1-5-7-9-19-23-29-37-33(35)26-22-18-16-14-12-11-13-15-17-21-25-32(31(3)4)27-28-34(36)38-30-24-20-10-8-6-2/h31-32H,5-30H2,1-4H3. The van der Waals surface area contributed by atoms with E-state index in [1.165, 1.54) is 109 Å². The van der Waals surface area contributed by atoms with Gasteiger partial charge in [0.2, 0.25) is 0 Å². The van der Waals surface area contributed by atoms with Crippen LogP contribution in [-0.2, 0) is 19.1 Å². The summed E-state index contributed by atoms with van der Waals surface area (Å²) in [5.41, 5.74) is 0. The van der Waals surface area contributed by atoms with E-state index in [-0.39, 0.29) is 11.9 Å². The molecule has 0 saturated carbocycles. The molecule has 0 aromatic carbocycles. The van der Waals surface area contributed by atoms with Crippen LogP contribution in [0.1, 0.15) is 182 Å². The monoisotopic (exact) mass is 538 g/mol. The molecule has 0 aliphatic rings. The van der Waals surface area contributed by atoms with Crippen molar-refractivity contribution < 1.29 is 19.1 Å². The first-order valence-electron chi connectivity index (χ1n) is 16.8. The van der Waals surface area contributed by atoms with E-state index in [1.54, 1.807) is 0 Å². The zero-order chi connectivity index (χ0) is 28.1. The molecule has 0 amide bonds. The highest BCUT2D eigenvalue weighted by molar-refractivity contribution is 5.69. The van der Waals surface area contributed by atoms with Crippen molar-refractivity contribution in [2.24, 2.45) is 11.8 Å². The van der Waals surface area contributed by atoms with Gasteiger partial charge in [0.05, 0.1) is 13.2 Å². The number of unbranched alkanes of at least 4 members (excludes halogenated alkanes) is 17. The van der Waals surface area contributed by atoms with E-state index in [2.05, 4.69) is 27.7 Å². The Morgan fingerprint density at radius 3 is 1.34 bits per heavy atom. The Morgan fingerprint density at radius 2 is 0.868 bits per heavy atom. The minimum absolute atomic E-state index is 0.000703. The summed E-state index contributed by atoms with van der Waals surface area (Å²) in [6.45, 7) is 10.2. The second-order valence-electron chi connectivity index (χ2n) is 11.9. The highest BCUT2D eigenvalue weighted by Crippen LogP contribution is 2.24. The lowest BCUT2D eigenvalue weighted by Gasteiger charge is -2.20. The van der Waals surface area contributed by atoms with Gasteiger partial charge in [-0.15, -0.1) is 0 Å². The van der Waals surface area contributed by atoms with Crippen LogP contribution in [0.25, 0.3) is 0 Å². The molecule has 4 heteroatoms. The summed E-state index contributed by atoms with van der Waals surface area (Å²) >= 11 is 0. The third-order valence-corrected chi connectivity index (χ3v) is 7.89. The van der Waals surface area contributed by atoms with Gasteiger partial charge in [0.15, 0.2) is 0 Å². The summed E-state index contributed by atoms with van der Waals surface area (Å²) in [6.07, 6.45) is 27.9. The molecule has 0 rings (SSSR count). The van der Waals surface area contributed by atoms with Gasteiger partial charge in [0, 0.05) is 12.8 Å². The van der Waals surface area contributed by atoms with Crippen LogP contribution in [0, 0.1) is 11.8 Å². The molecule has 4 nitrogen and oxygen atoms in total. The highest BCUT2D eigenvalue weighted by atomic mass is 16.5. The van der Waals surface area contributed by atoms with Crippen molar-refractivity contribution in [3.63, 3.8) is 0 Å². The van der Waals surface area contributed by atoms with Crippen LogP contribution in [0.5, 0.6) is 0 Å². The number of carbonyl (C=O) groups excluding carboxylic acids is 2. The number of ether oxygens (including phenoxy) is 2. The molecule has 0 aliphatic carbocycles. The summed E-state index contributed by atoms with van der Waals surface area (Å²) < 4.78 is 10.8. The number of carbonyl (C=O) groups is 2. The van der Waals surface area contributed by atoms with Crippen LogP contribution in [0.15, 0.2) is 0 Å². The predicted octanol–water partition coefficient (Wildman–Crippen LogP) is 10.7. The number of hydrogen-bond donors (Lipinski definition) is 0. The molecule has 38 heavy (non-hydrogen) atoms. The van der Waals surface area contributed by atoms with Crippen molar-refractivity contribution in [3.05, 3.63) is 0 Å². The maximum atomic E-state index is 12.1. The highest BCUT2D eigenvalue weighted by Gasteiger charge is 2.15. The fourth-order valence-electron chi connectivity index (χ4n) is 5.13. The van der Waals surface area contributed by atoms with E-state index >= 15 is 0 Å². The fraction of sp³-hybridized carbons (Fsp3) is 0.941. The molecule has 0 heterocycles. The average molecular weight is 539 g/mol. The Labute approximate surface area is 237 Å². The summed E-state index contributed by atoms with van der Waals surface area (Å²) in [4.78, 5) is 23.9. The van der Waals surface area contributed by atoms with Gasteiger partial charge in [-0.2, -0.15) is 0 Å². The van der Waals surface area contributed by atoms with Crippen LogP contribution < -0.4 is 0 Å². The summed E-state index contributed by atoms with van der Waals surface area (Å²) in [7, 11) is 0. The molecule has 0 fully saturated rings. The summed E-state index contributed by atoms with van der Waals surface area (Å²) in [5.74, 6) is 1.26. The predicted molar refractivity (Wildman–Crippen MR) is 162 cm³/mol. The maximum absolute atomic E-state index is 12.1. The molecule has 0 spiro atoms. The molecular formula is C34H66O4. The molecule has 226 valence electrons. The summed E-state index contributed by atoms with van der Waals surface area (Å²) in [5, 5.41) is 0. The van der Waals surface area contributed by atoms with Crippen molar-refractivity contribution in [2.75, 3.05) is 13.2 Å². The topological polar surface area (TPSA) is 52.6 Å². The molecule has 0 aliphatic heterocycles. The molecule has 0 saturated heterocycles. The molecule has 0 N–H and O–H groups in total. The van der Waals surface area contributed by atoms with Gasteiger partial charge in [-0.3, -0.25) is 9.59 Å². The van der Waals surface area contributed by atoms with E-state index in [4.69, 9.17) is 9.47 Å². The molecule has 0 aromatic heterocycles. The Hall–Kier alpha value is -1.06. The van der Waals surface area contributed by atoms with Crippen molar-refractivity contribution >= 4 is 11.9 Å².